The molecule has 1 aromatic rings. The standard InChI is InChI=1S/C17H30N2/c1-6-16(7-2)18-13-15(5)19(8-3)17-11-9-10-14(4)12-17/h9-12,15-16,18H,6-8,13H2,1-5H3. The molecule has 0 radical (unpaired) electrons. The molecule has 1 aromatic carbocycles. The number of aryl methyl sites for hydroxylation is 1. The highest BCUT2D eigenvalue weighted by molar-refractivity contribution is 5.49. The van der Waals surface area contributed by atoms with Crippen LogP contribution >= 0.6 is 0 Å². The fourth-order valence-corrected chi connectivity index (χ4v) is 2.58. The van der Waals surface area contributed by atoms with Crippen LogP contribution in [-0.2, 0) is 0 Å². The van der Waals surface area contributed by atoms with Crippen molar-refractivity contribution in [3.8, 4) is 0 Å². The van der Waals surface area contributed by atoms with Gasteiger partial charge in [-0.25, -0.2) is 0 Å². The molecule has 0 saturated carbocycles. The first kappa shape index (κ1) is 16.0. The number of anilines is 1. The molecule has 0 fully saturated rings. The zero-order valence-corrected chi connectivity index (χ0v) is 13.2. The lowest BCUT2D eigenvalue weighted by molar-refractivity contribution is 0.456. The summed E-state index contributed by atoms with van der Waals surface area (Å²) in [7, 11) is 0. The predicted molar refractivity (Wildman–Crippen MR) is 86.0 cm³/mol. The maximum Gasteiger partial charge on any atom is 0.0386 e. The summed E-state index contributed by atoms with van der Waals surface area (Å²) in [4.78, 5) is 2.47. The average molecular weight is 262 g/mol. The minimum atomic E-state index is 0.521. The van der Waals surface area contributed by atoms with E-state index in [2.05, 4.69) is 69.1 Å². The number of nitrogens with zero attached hydrogens (tertiary/aromatic N) is 1. The Morgan fingerprint density at radius 1 is 1.16 bits per heavy atom. The number of benzene rings is 1. The average Bonchev–Trinajstić information content (AvgIpc) is 2.41. The van der Waals surface area contributed by atoms with Gasteiger partial charge in [-0.1, -0.05) is 26.0 Å². The van der Waals surface area contributed by atoms with Crippen molar-refractivity contribution in [2.75, 3.05) is 18.0 Å². The van der Waals surface area contributed by atoms with Gasteiger partial charge in [-0.3, -0.25) is 0 Å². The Morgan fingerprint density at radius 3 is 2.37 bits per heavy atom. The van der Waals surface area contributed by atoms with Gasteiger partial charge in [0.1, 0.15) is 0 Å². The number of likely N-dealkylation sites (N-methyl/N-ethyl adjacent to an activating group) is 1. The van der Waals surface area contributed by atoms with E-state index in [0.29, 0.717) is 12.1 Å². The highest BCUT2D eigenvalue weighted by atomic mass is 15.2. The number of hydrogen-bond donors (Lipinski definition) is 1. The van der Waals surface area contributed by atoms with Crippen LogP contribution in [0.5, 0.6) is 0 Å². The van der Waals surface area contributed by atoms with E-state index in [-0.39, 0.29) is 0 Å². The second-order valence-electron chi connectivity index (χ2n) is 5.40. The molecule has 1 N–H and O–H groups in total. The first-order valence-corrected chi connectivity index (χ1v) is 7.69. The molecule has 0 amide bonds. The fourth-order valence-electron chi connectivity index (χ4n) is 2.58. The van der Waals surface area contributed by atoms with Crippen molar-refractivity contribution < 1.29 is 0 Å². The topological polar surface area (TPSA) is 15.3 Å². The minimum Gasteiger partial charge on any atom is -0.368 e. The third kappa shape index (κ3) is 4.87. The lowest BCUT2D eigenvalue weighted by atomic mass is 10.1. The summed E-state index contributed by atoms with van der Waals surface area (Å²) >= 11 is 0. The molecule has 19 heavy (non-hydrogen) atoms. The third-order valence-electron chi connectivity index (χ3n) is 3.89. The summed E-state index contributed by atoms with van der Waals surface area (Å²) in [5.41, 5.74) is 2.66. The van der Waals surface area contributed by atoms with Crippen LogP contribution in [0.2, 0.25) is 0 Å². The van der Waals surface area contributed by atoms with Crippen molar-refractivity contribution in [3.63, 3.8) is 0 Å². The molecule has 0 aliphatic carbocycles. The quantitative estimate of drug-likeness (QED) is 0.762. The predicted octanol–water partition coefficient (Wildman–Crippen LogP) is 3.99. The first-order valence-electron chi connectivity index (χ1n) is 7.69. The molecule has 0 saturated heterocycles. The molecule has 0 aliphatic heterocycles. The van der Waals surface area contributed by atoms with E-state index in [1.54, 1.807) is 0 Å². The minimum absolute atomic E-state index is 0.521. The summed E-state index contributed by atoms with van der Waals surface area (Å²) in [6.45, 7) is 13.3. The normalized spacial score (nSPS) is 12.7. The van der Waals surface area contributed by atoms with Crippen LogP contribution < -0.4 is 10.2 Å². The van der Waals surface area contributed by atoms with Crippen LogP contribution in [0.3, 0.4) is 0 Å². The van der Waals surface area contributed by atoms with Crippen molar-refractivity contribution in [1.82, 2.24) is 5.32 Å². The molecular formula is C17H30N2. The maximum atomic E-state index is 3.68. The van der Waals surface area contributed by atoms with Crippen LogP contribution in [0.25, 0.3) is 0 Å². The molecule has 2 heteroatoms. The van der Waals surface area contributed by atoms with E-state index in [1.165, 1.54) is 24.1 Å². The van der Waals surface area contributed by atoms with E-state index in [4.69, 9.17) is 0 Å². The molecule has 1 atom stereocenters. The van der Waals surface area contributed by atoms with Gasteiger partial charge in [-0.15, -0.1) is 0 Å². The third-order valence-corrected chi connectivity index (χ3v) is 3.89. The molecule has 2 nitrogen and oxygen atoms in total. The Kier molecular flexibility index (Phi) is 6.93. The fraction of sp³-hybridized carbons (Fsp3) is 0.647. The Morgan fingerprint density at radius 2 is 1.84 bits per heavy atom. The smallest absolute Gasteiger partial charge is 0.0386 e. The zero-order chi connectivity index (χ0) is 14.3. The summed E-state index contributed by atoms with van der Waals surface area (Å²) in [5.74, 6) is 0. The lowest BCUT2D eigenvalue weighted by Crippen LogP contribution is -2.43. The Labute approximate surface area is 119 Å². The highest BCUT2D eigenvalue weighted by Gasteiger charge is 2.14. The monoisotopic (exact) mass is 262 g/mol. The highest BCUT2D eigenvalue weighted by Crippen LogP contribution is 2.18. The van der Waals surface area contributed by atoms with Crippen LogP contribution in [0.4, 0.5) is 5.69 Å². The van der Waals surface area contributed by atoms with Crippen molar-refractivity contribution in [2.45, 2.75) is 59.5 Å². The molecule has 0 heterocycles. The summed E-state index contributed by atoms with van der Waals surface area (Å²) in [6.07, 6.45) is 2.42. The number of nitrogens with one attached hydrogen (secondary N) is 1. The summed E-state index contributed by atoms with van der Waals surface area (Å²) < 4.78 is 0. The number of hydrogen-bond acceptors (Lipinski definition) is 2. The summed E-state index contributed by atoms with van der Waals surface area (Å²) in [5, 5.41) is 3.68. The van der Waals surface area contributed by atoms with Crippen molar-refractivity contribution in [1.29, 1.82) is 0 Å². The van der Waals surface area contributed by atoms with E-state index >= 15 is 0 Å². The van der Waals surface area contributed by atoms with Crippen molar-refractivity contribution in [3.05, 3.63) is 29.8 Å². The Hall–Kier alpha value is -1.02. The van der Waals surface area contributed by atoms with E-state index in [9.17, 15) is 0 Å². The second-order valence-corrected chi connectivity index (χ2v) is 5.40. The lowest BCUT2D eigenvalue weighted by Gasteiger charge is -2.32. The molecule has 0 bridgehead atoms. The largest absolute Gasteiger partial charge is 0.368 e. The SMILES string of the molecule is CCC(CC)NCC(C)N(CC)c1cccc(C)c1. The van der Waals surface area contributed by atoms with Gasteiger partial charge in [0.2, 0.25) is 0 Å². The Balaban J connectivity index is 2.64. The van der Waals surface area contributed by atoms with Crippen LogP contribution in [0.15, 0.2) is 24.3 Å². The first-order chi connectivity index (χ1) is 9.12. The molecule has 108 valence electrons. The van der Waals surface area contributed by atoms with Gasteiger partial charge in [0.25, 0.3) is 0 Å². The van der Waals surface area contributed by atoms with Crippen LogP contribution in [0, 0.1) is 6.92 Å². The van der Waals surface area contributed by atoms with Crippen molar-refractivity contribution in [2.24, 2.45) is 0 Å². The summed E-state index contributed by atoms with van der Waals surface area (Å²) in [6, 6.07) is 9.96. The second kappa shape index (κ2) is 8.21. The van der Waals surface area contributed by atoms with Crippen LogP contribution in [-0.4, -0.2) is 25.2 Å². The van der Waals surface area contributed by atoms with Gasteiger partial charge in [0, 0.05) is 30.9 Å². The number of rotatable bonds is 8. The van der Waals surface area contributed by atoms with E-state index in [0.717, 1.165) is 13.1 Å². The van der Waals surface area contributed by atoms with Gasteiger partial charge in [-0.2, -0.15) is 0 Å². The van der Waals surface area contributed by atoms with Gasteiger partial charge >= 0.3 is 0 Å². The molecule has 1 unspecified atom stereocenters. The van der Waals surface area contributed by atoms with E-state index in [1.807, 2.05) is 0 Å². The van der Waals surface area contributed by atoms with Gasteiger partial charge in [0.15, 0.2) is 0 Å². The van der Waals surface area contributed by atoms with Crippen molar-refractivity contribution >= 4 is 5.69 Å². The maximum absolute atomic E-state index is 3.68. The molecule has 1 rings (SSSR count). The molecule has 0 aromatic heterocycles. The molecule has 0 aliphatic rings. The van der Waals surface area contributed by atoms with Crippen LogP contribution in [0.1, 0.15) is 46.1 Å². The Bertz CT molecular complexity index is 358. The van der Waals surface area contributed by atoms with Gasteiger partial charge < -0.3 is 10.2 Å². The van der Waals surface area contributed by atoms with Gasteiger partial charge in [0.05, 0.1) is 0 Å². The van der Waals surface area contributed by atoms with E-state index < -0.39 is 0 Å². The molecular weight excluding hydrogens is 232 g/mol. The van der Waals surface area contributed by atoms with Gasteiger partial charge in [-0.05, 0) is 51.3 Å². The zero-order valence-electron chi connectivity index (χ0n) is 13.2. The molecule has 0 spiro atoms.